The van der Waals surface area contributed by atoms with Crippen LogP contribution >= 0.6 is 11.3 Å². The van der Waals surface area contributed by atoms with Crippen molar-refractivity contribution in [1.82, 2.24) is 9.88 Å². The maximum absolute atomic E-state index is 13.9. The van der Waals surface area contributed by atoms with Crippen molar-refractivity contribution in [2.45, 2.75) is 52.1 Å². The Morgan fingerprint density at radius 2 is 1.93 bits per heavy atom. The number of ether oxygens (including phenoxy) is 2. The number of anilines is 1. The SMILES string of the molecule is Cc1ccc(OCc2ccc(CN3CCOCC3)cc2C)c(-c2csc(N3CCC(C(=O)O)CC3C(F)(F)F)n2)c1. The maximum atomic E-state index is 13.9. The second kappa shape index (κ2) is 12.4. The first-order valence-electron chi connectivity index (χ1n) is 13.7. The average Bonchev–Trinajstić information content (AvgIpc) is 3.43. The van der Waals surface area contributed by atoms with E-state index in [1.165, 1.54) is 10.5 Å². The Morgan fingerprint density at radius 1 is 1.15 bits per heavy atom. The number of aromatic nitrogens is 1. The Balaban J connectivity index is 1.32. The molecule has 3 heterocycles. The summed E-state index contributed by atoms with van der Waals surface area (Å²) in [6.07, 6.45) is -4.91. The molecule has 1 N–H and O–H groups in total. The lowest BCUT2D eigenvalue weighted by atomic mass is 9.91. The first kappa shape index (κ1) is 29.3. The number of halogens is 3. The highest BCUT2D eigenvalue weighted by Crippen LogP contribution is 2.41. The zero-order chi connectivity index (χ0) is 29.1. The van der Waals surface area contributed by atoms with Gasteiger partial charge < -0.3 is 19.5 Å². The minimum atomic E-state index is -4.56. The van der Waals surface area contributed by atoms with Crippen LogP contribution in [0.1, 0.15) is 35.1 Å². The van der Waals surface area contributed by atoms with Crippen LogP contribution in [-0.4, -0.2) is 66.0 Å². The molecule has 2 unspecified atom stereocenters. The van der Waals surface area contributed by atoms with Crippen molar-refractivity contribution in [3.63, 3.8) is 0 Å². The van der Waals surface area contributed by atoms with E-state index in [-0.39, 0.29) is 18.1 Å². The Morgan fingerprint density at radius 3 is 2.63 bits per heavy atom. The average molecular weight is 590 g/mol. The fourth-order valence-corrected chi connectivity index (χ4v) is 6.31. The molecule has 0 aliphatic carbocycles. The van der Waals surface area contributed by atoms with Gasteiger partial charge in [0.15, 0.2) is 5.13 Å². The number of nitrogens with zero attached hydrogens (tertiary/aromatic N) is 3. The van der Waals surface area contributed by atoms with Crippen molar-refractivity contribution in [1.29, 1.82) is 0 Å². The molecule has 3 aromatic rings. The number of carboxylic acid groups (broad SMARTS) is 1. The Hall–Kier alpha value is -3.15. The number of hydrogen-bond donors (Lipinski definition) is 1. The molecule has 220 valence electrons. The van der Waals surface area contributed by atoms with Crippen LogP contribution < -0.4 is 9.64 Å². The first-order valence-corrected chi connectivity index (χ1v) is 14.6. The van der Waals surface area contributed by atoms with Gasteiger partial charge in [0.25, 0.3) is 0 Å². The third kappa shape index (κ3) is 7.02. The number of aliphatic carboxylic acids is 1. The summed E-state index contributed by atoms with van der Waals surface area (Å²) in [6, 6.07) is 10.2. The summed E-state index contributed by atoms with van der Waals surface area (Å²) in [4.78, 5) is 19.6. The molecule has 2 fully saturated rings. The fraction of sp³-hybridized carbons (Fsp3) is 0.467. The third-order valence-corrected chi connectivity index (χ3v) is 8.66. The van der Waals surface area contributed by atoms with E-state index in [1.54, 1.807) is 5.38 Å². The van der Waals surface area contributed by atoms with E-state index in [9.17, 15) is 23.1 Å². The van der Waals surface area contributed by atoms with Gasteiger partial charge in [-0.1, -0.05) is 29.8 Å². The van der Waals surface area contributed by atoms with Crippen LogP contribution in [0.15, 0.2) is 41.8 Å². The highest BCUT2D eigenvalue weighted by atomic mass is 32.1. The molecule has 0 spiro atoms. The minimum Gasteiger partial charge on any atom is -0.488 e. The molecule has 2 saturated heterocycles. The number of alkyl halides is 3. The number of aryl methyl sites for hydroxylation is 2. The van der Waals surface area contributed by atoms with Gasteiger partial charge in [0.1, 0.15) is 18.4 Å². The highest BCUT2D eigenvalue weighted by molar-refractivity contribution is 7.14. The van der Waals surface area contributed by atoms with Crippen LogP contribution in [0.2, 0.25) is 0 Å². The van der Waals surface area contributed by atoms with Crippen molar-refractivity contribution in [2.24, 2.45) is 5.92 Å². The second-order valence-electron chi connectivity index (χ2n) is 10.8. The molecule has 0 amide bonds. The number of carboxylic acids is 1. The smallest absolute Gasteiger partial charge is 0.408 e. The van der Waals surface area contributed by atoms with Gasteiger partial charge in [0, 0.05) is 37.1 Å². The fourth-order valence-electron chi connectivity index (χ4n) is 5.41. The lowest BCUT2D eigenvalue weighted by molar-refractivity contribution is -0.161. The Bertz CT molecular complexity index is 1370. The molecular weight excluding hydrogens is 555 g/mol. The number of piperidine rings is 1. The highest BCUT2D eigenvalue weighted by Gasteiger charge is 2.49. The topological polar surface area (TPSA) is 75.1 Å². The van der Waals surface area contributed by atoms with Crippen molar-refractivity contribution >= 4 is 22.4 Å². The van der Waals surface area contributed by atoms with Crippen LogP contribution in [-0.2, 0) is 22.7 Å². The van der Waals surface area contributed by atoms with Crippen LogP contribution in [0.3, 0.4) is 0 Å². The second-order valence-corrected chi connectivity index (χ2v) is 11.6. The van der Waals surface area contributed by atoms with E-state index >= 15 is 0 Å². The zero-order valence-electron chi connectivity index (χ0n) is 23.1. The summed E-state index contributed by atoms with van der Waals surface area (Å²) < 4.78 is 53.4. The lowest BCUT2D eigenvalue weighted by Gasteiger charge is -2.38. The first-order chi connectivity index (χ1) is 19.6. The van der Waals surface area contributed by atoms with Gasteiger partial charge >= 0.3 is 12.1 Å². The lowest BCUT2D eigenvalue weighted by Crippen LogP contribution is -2.52. The van der Waals surface area contributed by atoms with Crippen molar-refractivity contribution in [3.05, 3.63) is 64.0 Å². The molecule has 41 heavy (non-hydrogen) atoms. The van der Waals surface area contributed by atoms with Crippen LogP contribution in [0.5, 0.6) is 5.75 Å². The van der Waals surface area contributed by atoms with Crippen molar-refractivity contribution in [2.75, 3.05) is 37.7 Å². The Kier molecular flexibility index (Phi) is 8.86. The van der Waals surface area contributed by atoms with E-state index in [4.69, 9.17) is 9.47 Å². The van der Waals surface area contributed by atoms with Gasteiger partial charge in [-0.25, -0.2) is 4.98 Å². The molecule has 1 aromatic heterocycles. The van der Waals surface area contributed by atoms with Crippen LogP contribution in [0.4, 0.5) is 18.3 Å². The summed E-state index contributed by atoms with van der Waals surface area (Å²) in [7, 11) is 0. The van der Waals surface area contributed by atoms with Gasteiger partial charge in [-0.2, -0.15) is 13.2 Å². The standard InChI is InChI=1S/C30H34F3N3O4S/c1-19-3-6-26(40-17-23-5-4-21(14-20(23)2)16-35-9-11-39-12-10-35)24(13-19)25-18-41-29(34-25)36-8-7-22(28(37)38)15-27(36)30(31,32)33/h3-6,13-14,18,22,27H,7-12,15-17H2,1-2H3,(H,37,38). The van der Waals surface area contributed by atoms with Crippen LogP contribution in [0, 0.1) is 19.8 Å². The summed E-state index contributed by atoms with van der Waals surface area (Å²) >= 11 is 1.13. The molecule has 5 rings (SSSR count). The number of morpholine rings is 1. The summed E-state index contributed by atoms with van der Waals surface area (Å²) in [6.45, 7) is 8.58. The molecule has 2 aliphatic rings. The number of benzene rings is 2. The van der Waals surface area contributed by atoms with E-state index in [0.717, 1.165) is 60.9 Å². The van der Waals surface area contributed by atoms with Crippen LogP contribution in [0.25, 0.3) is 11.3 Å². The molecule has 7 nitrogen and oxygen atoms in total. The number of thiazole rings is 1. The molecule has 0 saturated carbocycles. The van der Waals surface area contributed by atoms with Gasteiger partial charge in [-0.3, -0.25) is 9.69 Å². The predicted octanol–water partition coefficient (Wildman–Crippen LogP) is 6.07. The minimum absolute atomic E-state index is 0.0217. The molecule has 2 aliphatic heterocycles. The number of carbonyl (C=O) groups is 1. The molecule has 2 atom stereocenters. The monoisotopic (exact) mass is 589 g/mol. The third-order valence-electron chi connectivity index (χ3n) is 7.78. The summed E-state index contributed by atoms with van der Waals surface area (Å²) in [5, 5.41) is 11.3. The number of hydrogen-bond acceptors (Lipinski definition) is 7. The molecule has 2 aromatic carbocycles. The normalized spacial score (nSPS) is 20.3. The van der Waals surface area contributed by atoms with E-state index in [0.29, 0.717) is 23.6 Å². The van der Waals surface area contributed by atoms with Crippen molar-refractivity contribution in [3.8, 4) is 17.0 Å². The largest absolute Gasteiger partial charge is 0.488 e. The molecule has 11 heteroatoms. The van der Waals surface area contributed by atoms with E-state index < -0.39 is 30.5 Å². The molecular formula is C30H34F3N3O4S. The van der Waals surface area contributed by atoms with Gasteiger partial charge in [-0.05, 0) is 55.5 Å². The van der Waals surface area contributed by atoms with Crippen molar-refractivity contribution < 1.29 is 32.5 Å². The zero-order valence-corrected chi connectivity index (χ0v) is 23.9. The predicted molar refractivity (Wildman–Crippen MR) is 151 cm³/mol. The summed E-state index contributed by atoms with van der Waals surface area (Å²) in [5.41, 5.74) is 5.63. The van der Waals surface area contributed by atoms with Gasteiger partial charge in [-0.15, -0.1) is 11.3 Å². The molecule has 0 bridgehead atoms. The maximum Gasteiger partial charge on any atom is 0.408 e. The van der Waals surface area contributed by atoms with E-state index in [1.807, 2.05) is 25.1 Å². The van der Waals surface area contributed by atoms with Gasteiger partial charge in [0.05, 0.1) is 24.8 Å². The summed E-state index contributed by atoms with van der Waals surface area (Å²) in [5.74, 6) is -1.62. The van der Waals surface area contributed by atoms with Gasteiger partial charge in [0.2, 0.25) is 0 Å². The Labute approximate surface area is 241 Å². The van der Waals surface area contributed by atoms with E-state index in [2.05, 4.69) is 35.0 Å². The molecule has 0 radical (unpaired) electrons. The number of rotatable bonds is 8. The quantitative estimate of drug-likeness (QED) is 0.342.